The molecular weight excluding hydrogens is 388 g/mol. The summed E-state index contributed by atoms with van der Waals surface area (Å²) in [7, 11) is 0. The number of carbonyl (C=O) groups is 1. The van der Waals surface area contributed by atoms with Gasteiger partial charge in [-0.25, -0.2) is 13.6 Å². The first-order valence-corrected chi connectivity index (χ1v) is 9.50. The van der Waals surface area contributed by atoms with Crippen molar-refractivity contribution in [2.45, 2.75) is 27.3 Å². The summed E-state index contributed by atoms with van der Waals surface area (Å²) in [6.07, 6.45) is 0. The lowest BCUT2D eigenvalue weighted by atomic mass is 9.95. The van der Waals surface area contributed by atoms with Gasteiger partial charge in [0.1, 0.15) is 17.4 Å². The molecule has 0 unspecified atom stereocenters. The van der Waals surface area contributed by atoms with E-state index in [4.69, 9.17) is 9.84 Å². The van der Waals surface area contributed by atoms with Gasteiger partial charge in [0.25, 0.3) is 0 Å². The SMILES string of the molecule is Cc1cc(-c2cccc(F)c2)cc(CNc2c(F)ccc(OCC(=O)O)c2C)c1C. The molecule has 0 saturated heterocycles. The van der Waals surface area contributed by atoms with E-state index in [9.17, 15) is 13.6 Å². The Balaban J connectivity index is 1.89. The van der Waals surface area contributed by atoms with Crippen molar-refractivity contribution in [2.75, 3.05) is 11.9 Å². The number of carboxylic acid groups (broad SMARTS) is 1. The Kier molecular flexibility index (Phi) is 6.35. The number of aliphatic carboxylic acids is 1. The second kappa shape index (κ2) is 8.95. The molecule has 0 atom stereocenters. The molecule has 156 valence electrons. The number of carboxylic acids is 1. The van der Waals surface area contributed by atoms with Gasteiger partial charge < -0.3 is 15.2 Å². The predicted molar refractivity (Wildman–Crippen MR) is 113 cm³/mol. The molecule has 0 aliphatic rings. The molecule has 2 N–H and O–H groups in total. The van der Waals surface area contributed by atoms with Crippen LogP contribution < -0.4 is 10.1 Å². The summed E-state index contributed by atoms with van der Waals surface area (Å²) in [5.41, 5.74) is 5.45. The van der Waals surface area contributed by atoms with E-state index in [0.29, 0.717) is 17.9 Å². The number of halogens is 2. The van der Waals surface area contributed by atoms with Gasteiger partial charge in [-0.15, -0.1) is 0 Å². The topological polar surface area (TPSA) is 58.6 Å². The van der Waals surface area contributed by atoms with Crippen molar-refractivity contribution in [3.8, 4) is 16.9 Å². The Bertz CT molecular complexity index is 1100. The van der Waals surface area contributed by atoms with E-state index < -0.39 is 18.4 Å². The van der Waals surface area contributed by atoms with Gasteiger partial charge in [-0.3, -0.25) is 0 Å². The Morgan fingerprint density at radius 1 is 1.00 bits per heavy atom. The third-order valence-electron chi connectivity index (χ3n) is 5.10. The molecule has 0 bridgehead atoms. The highest BCUT2D eigenvalue weighted by Gasteiger charge is 2.13. The predicted octanol–water partition coefficient (Wildman–Crippen LogP) is 5.63. The van der Waals surface area contributed by atoms with Crippen molar-refractivity contribution in [3.05, 3.63) is 82.4 Å². The van der Waals surface area contributed by atoms with E-state index >= 15 is 0 Å². The highest BCUT2D eigenvalue weighted by Crippen LogP contribution is 2.30. The summed E-state index contributed by atoms with van der Waals surface area (Å²) >= 11 is 0. The minimum Gasteiger partial charge on any atom is -0.482 e. The van der Waals surface area contributed by atoms with Crippen LogP contribution >= 0.6 is 0 Å². The molecule has 0 spiro atoms. The van der Waals surface area contributed by atoms with E-state index in [-0.39, 0.29) is 11.5 Å². The summed E-state index contributed by atoms with van der Waals surface area (Å²) in [5.74, 6) is -1.55. The number of rotatable bonds is 7. The number of anilines is 1. The van der Waals surface area contributed by atoms with Crippen molar-refractivity contribution < 1.29 is 23.4 Å². The maximum Gasteiger partial charge on any atom is 0.341 e. The molecule has 0 aromatic heterocycles. The summed E-state index contributed by atoms with van der Waals surface area (Å²) in [6, 6.07) is 13.0. The zero-order valence-corrected chi connectivity index (χ0v) is 17.1. The molecule has 3 rings (SSSR count). The van der Waals surface area contributed by atoms with Gasteiger partial charge in [0.2, 0.25) is 0 Å². The highest BCUT2D eigenvalue weighted by molar-refractivity contribution is 5.69. The summed E-state index contributed by atoms with van der Waals surface area (Å²) < 4.78 is 33.3. The van der Waals surface area contributed by atoms with Crippen LogP contribution in [0.1, 0.15) is 22.3 Å². The third-order valence-corrected chi connectivity index (χ3v) is 5.10. The minimum atomic E-state index is -1.10. The Morgan fingerprint density at radius 3 is 2.47 bits per heavy atom. The van der Waals surface area contributed by atoms with Gasteiger partial charge in [-0.2, -0.15) is 0 Å². The van der Waals surface area contributed by atoms with Crippen LogP contribution in [0.5, 0.6) is 5.75 Å². The van der Waals surface area contributed by atoms with Crippen LogP contribution in [-0.4, -0.2) is 17.7 Å². The highest BCUT2D eigenvalue weighted by atomic mass is 19.1. The van der Waals surface area contributed by atoms with Gasteiger partial charge >= 0.3 is 5.97 Å². The Labute approximate surface area is 174 Å². The number of benzene rings is 3. The molecule has 0 aliphatic carbocycles. The first-order valence-electron chi connectivity index (χ1n) is 9.50. The molecule has 0 heterocycles. The normalized spacial score (nSPS) is 10.7. The molecule has 0 radical (unpaired) electrons. The fraction of sp³-hybridized carbons (Fsp3) is 0.208. The zero-order valence-electron chi connectivity index (χ0n) is 17.1. The van der Waals surface area contributed by atoms with E-state index in [2.05, 4.69) is 5.32 Å². The largest absolute Gasteiger partial charge is 0.482 e. The Hall–Kier alpha value is -3.41. The van der Waals surface area contributed by atoms with E-state index in [1.165, 1.54) is 24.3 Å². The molecule has 0 fully saturated rings. The fourth-order valence-electron chi connectivity index (χ4n) is 3.31. The average molecular weight is 411 g/mol. The summed E-state index contributed by atoms with van der Waals surface area (Å²) in [6.45, 7) is 5.48. The second-order valence-electron chi connectivity index (χ2n) is 7.17. The van der Waals surface area contributed by atoms with Crippen LogP contribution in [0.4, 0.5) is 14.5 Å². The quantitative estimate of drug-likeness (QED) is 0.529. The lowest BCUT2D eigenvalue weighted by molar-refractivity contribution is -0.139. The number of nitrogens with one attached hydrogen (secondary N) is 1. The molecule has 30 heavy (non-hydrogen) atoms. The number of hydrogen-bond acceptors (Lipinski definition) is 3. The number of hydrogen-bond donors (Lipinski definition) is 2. The number of aryl methyl sites for hydroxylation is 1. The van der Waals surface area contributed by atoms with Crippen LogP contribution in [0.2, 0.25) is 0 Å². The molecule has 0 saturated carbocycles. The van der Waals surface area contributed by atoms with Crippen LogP contribution in [0, 0.1) is 32.4 Å². The van der Waals surface area contributed by atoms with Gasteiger partial charge in [0.15, 0.2) is 6.61 Å². The minimum absolute atomic E-state index is 0.256. The van der Waals surface area contributed by atoms with Crippen molar-refractivity contribution in [1.82, 2.24) is 0 Å². The van der Waals surface area contributed by atoms with Crippen LogP contribution in [-0.2, 0) is 11.3 Å². The Morgan fingerprint density at radius 2 is 1.77 bits per heavy atom. The van der Waals surface area contributed by atoms with Gasteiger partial charge in [-0.05, 0) is 78.9 Å². The molecule has 3 aromatic carbocycles. The first kappa shape index (κ1) is 21.3. The molecule has 3 aromatic rings. The standard InChI is InChI=1S/C24H23F2NO3/c1-14-9-18(17-5-4-6-20(25)11-17)10-19(15(14)2)12-27-24-16(3)22(8-7-21(24)26)30-13-23(28)29/h4-11,27H,12-13H2,1-3H3,(H,28,29). The molecule has 4 nitrogen and oxygen atoms in total. The molecular formula is C24H23F2NO3. The zero-order chi connectivity index (χ0) is 21.8. The molecule has 6 heteroatoms. The maximum atomic E-state index is 14.4. The van der Waals surface area contributed by atoms with Crippen LogP contribution in [0.3, 0.4) is 0 Å². The van der Waals surface area contributed by atoms with Crippen molar-refractivity contribution >= 4 is 11.7 Å². The van der Waals surface area contributed by atoms with Gasteiger partial charge in [0, 0.05) is 12.1 Å². The van der Waals surface area contributed by atoms with E-state index in [1.54, 1.807) is 13.0 Å². The molecule has 0 aliphatic heterocycles. The first-order chi connectivity index (χ1) is 14.3. The third kappa shape index (κ3) is 4.76. The van der Waals surface area contributed by atoms with Gasteiger partial charge in [0.05, 0.1) is 5.69 Å². The second-order valence-corrected chi connectivity index (χ2v) is 7.17. The van der Waals surface area contributed by atoms with Crippen LogP contribution in [0.25, 0.3) is 11.1 Å². The number of ether oxygens (including phenoxy) is 1. The van der Waals surface area contributed by atoms with Crippen molar-refractivity contribution in [1.29, 1.82) is 0 Å². The summed E-state index contributed by atoms with van der Waals surface area (Å²) in [4.78, 5) is 10.7. The van der Waals surface area contributed by atoms with Crippen molar-refractivity contribution in [3.63, 3.8) is 0 Å². The van der Waals surface area contributed by atoms with E-state index in [1.807, 2.05) is 32.0 Å². The monoisotopic (exact) mass is 411 g/mol. The van der Waals surface area contributed by atoms with E-state index in [0.717, 1.165) is 27.8 Å². The summed E-state index contributed by atoms with van der Waals surface area (Å²) in [5, 5.41) is 11.9. The smallest absolute Gasteiger partial charge is 0.341 e. The fourth-order valence-corrected chi connectivity index (χ4v) is 3.31. The van der Waals surface area contributed by atoms with Crippen molar-refractivity contribution in [2.24, 2.45) is 0 Å². The maximum absolute atomic E-state index is 14.4. The molecule has 0 amide bonds. The lowest BCUT2D eigenvalue weighted by Gasteiger charge is -2.17. The van der Waals surface area contributed by atoms with Crippen LogP contribution in [0.15, 0.2) is 48.5 Å². The lowest BCUT2D eigenvalue weighted by Crippen LogP contribution is -2.11. The average Bonchev–Trinajstić information content (AvgIpc) is 2.70. The van der Waals surface area contributed by atoms with Gasteiger partial charge in [-0.1, -0.05) is 18.2 Å².